The zero-order valence-electron chi connectivity index (χ0n) is 13.6. The van der Waals surface area contributed by atoms with Crippen molar-refractivity contribution in [2.24, 2.45) is 0 Å². The fraction of sp³-hybridized carbons (Fsp3) is 0.556. The topological polar surface area (TPSA) is 71.1 Å². The van der Waals surface area contributed by atoms with Gasteiger partial charge in [-0.1, -0.05) is 12.1 Å². The molecule has 0 spiro atoms. The van der Waals surface area contributed by atoms with E-state index in [0.717, 1.165) is 25.7 Å². The van der Waals surface area contributed by atoms with Gasteiger partial charge in [-0.15, -0.1) is 0 Å². The van der Waals surface area contributed by atoms with Crippen molar-refractivity contribution in [3.05, 3.63) is 35.4 Å². The van der Waals surface area contributed by atoms with Crippen LogP contribution in [0.4, 0.5) is 0 Å². The maximum absolute atomic E-state index is 12.4. The van der Waals surface area contributed by atoms with Gasteiger partial charge in [-0.25, -0.2) is 9.59 Å². The summed E-state index contributed by atoms with van der Waals surface area (Å²) in [7, 11) is 0. The van der Waals surface area contributed by atoms with Crippen LogP contribution in [-0.2, 0) is 18.9 Å². The van der Waals surface area contributed by atoms with Crippen LogP contribution in [-0.4, -0.2) is 37.7 Å². The Hall–Kier alpha value is -1.92. The minimum atomic E-state index is -0.570. The standard InChI is InChI=1S/C18H22O6/c19-17(23-15-9-3-5-11-21-15)13-7-1-2-8-14(13)18(20)24-16-10-4-6-12-22-16/h1-2,7-8,15-16H,3-6,9-12H2. The van der Waals surface area contributed by atoms with Gasteiger partial charge in [-0.05, 0) is 37.8 Å². The van der Waals surface area contributed by atoms with Crippen LogP contribution in [0, 0.1) is 0 Å². The van der Waals surface area contributed by atoms with Gasteiger partial charge in [0.25, 0.3) is 0 Å². The SMILES string of the molecule is O=C(OC1CCCCO1)c1ccccc1C(=O)OC1CCCCO1. The average Bonchev–Trinajstić information content (AvgIpc) is 2.63. The molecular weight excluding hydrogens is 312 g/mol. The monoisotopic (exact) mass is 334 g/mol. The summed E-state index contributed by atoms with van der Waals surface area (Å²) in [6.07, 6.45) is 4.12. The van der Waals surface area contributed by atoms with Crippen molar-refractivity contribution in [3.8, 4) is 0 Å². The zero-order valence-corrected chi connectivity index (χ0v) is 13.6. The summed E-state index contributed by atoms with van der Waals surface area (Å²) in [5.74, 6) is -1.14. The lowest BCUT2D eigenvalue weighted by Gasteiger charge is -2.24. The fourth-order valence-electron chi connectivity index (χ4n) is 2.81. The summed E-state index contributed by atoms with van der Waals surface area (Å²) >= 11 is 0. The maximum atomic E-state index is 12.4. The Morgan fingerprint density at radius 1 is 0.792 bits per heavy atom. The highest BCUT2D eigenvalue weighted by Gasteiger charge is 2.26. The molecule has 0 aliphatic carbocycles. The van der Waals surface area contributed by atoms with Crippen LogP contribution in [0.1, 0.15) is 59.2 Å². The number of carbonyl (C=O) groups excluding carboxylic acids is 2. The molecule has 0 N–H and O–H groups in total. The van der Waals surface area contributed by atoms with E-state index in [9.17, 15) is 9.59 Å². The van der Waals surface area contributed by atoms with Crippen LogP contribution >= 0.6 is 0 Å². The third-order valence-electron chi connectivity index (χ3n) is 4.12. The first-order valence-electron chi connectivity index (χ1n) is 8.48. The van der Waals surface area contributed by atoms with Crippen molar-refractivity contribution in [2.75, 3.05) is 13.2 Å². The van der Waals surface area contributed by atoms with E-state index in [0.29, 0.717) is 26.1 Å². The first-order valence-corrected chi connectivity index (χ1v) is 8.48. The molecule has 3 rings (SSSR count). The maximum Gasteiger partial charge on any atom is 0.341 e. The highest BCUT2D eigenvalue weighted by molar-refractivity contribution is 6.03. The lowest BCUT2D eigenvalue weighted by atomic mass is 10.1. The Labute approximate surface area is 141 Å². The molecule has 0 radical (unpaired) electrons. The Morgan fingerprint density at radius 2 is 1.25 bits per heavy atom. The van der Waals surface area contributed by atoms with E-state index in [4.69, 9.17) is 18.9 Å². The van der Waals surface area contributed by atoms with Gasteiger partial charge in [0, 0.05) is 12.8 Å². The predicted molar refractivity (Wildman–Crippen MR) is 84.5 cm³/mol. The number of rotatable bonds is 4. The van der Waals surface area contributed by atoms with Gasteiger partial charge in [-0.2, -0.15) is 0 Å². The van der Waals surface area contributed by atoms with Crippen LogP contribution in [0.5, 0.6) is 0 Å². The molecule has 2 unspecified atom stereocenters. The van der Waals surface area contributed by atoms with E-state index in [-0.39, 0.29) is 11.1 Å². The zero-order chi connectivity index (χ0) is 16.8. The summed E-state index contributed by atoms with van der Waals surface area (Å²) in [4.78, 5) is 24.8. The van der Waals surface area contributed by atoms with Crippen LogP contribution in [0.25, 0.3) is 0 Å². The van der Waals surface area contributed by atoms with Crippen LogP contribution in [0.2, 0.25) is 0 Å². The molecule has 2 fully saturated rings. The normalized spacial score (nSPS) is 24.2. The molecule has 0 aromatic heterocycles. The summed E-state index contributed by atoms with van der Waals surface area (Å²) in [6.45, 7) is 1.17. The van der Waals surface area contributed by atoms with Crippen molar-refractivity contribution in [2.45, 2.75) is 51.1 Å². The summed E-state index contributed by atoms with van der Waals surface area (Å²) in [6, 6.07) is 6.49. The molecule has 1 aromatic carbocycles. The predicted octanol–water partition coefficient (Wildman–Crippen LogP) is 3.05. The summed E-state index contributed by atoms with van der Waals surface area (Å²) < 4.78 is 21.5. The second kappa shape index (κ2) is 8.26. The number of benzene rings is 1. The number of carbonyl (C=O) groups is 2. The molecule has 2 saturated heterocycles. The largest absolute Gasteiger partial charge is 0.432 e. The van der Waals surface area contributed by atoms with Crippen LogP contribution in [0.15, 0.2) is 24.3 Å². The molecule has 2 atom stereocenters. The summed E-state index contributed by atoms with van der Waals surface area (Å²) in [5.41, 5.74) is 0.375. The lowest BCUT2D eigenvalue weighted by Crippen LogP contribution is -2.28. The van der Waals surface area contributed by atoms with Crippen molar-refractivity contribution in [3.63, 3.8) is 0 Å². The Kier molecular flexibility index (Phi) is 5.82. The highest BCUT2D eigenvalue weighted by Crippen LogP contribution is 2.20. The number of hydrogen-bond acceptors (Lipinski definition) is 6. The van der Waals surface area contributed by atoms with E-state index in [1.165, 1.54) is 0 Å². The Bertz CT molecular complexity index is 522. The minimum absolute atomic E-state index is 0.187. The van der Waals surface area contributed by atoms with Gasteiger partial charge in [0.15, 0.2) is 0 Å². The molecule has 24 heavy (non-hydrogen) atoms. The van der Waals surface area contributed by atoms with Crippen molar-refractivity contribution in [1.82, 2.24) is 0 Å². The van der Waals surface area contributed by atoms with Gasteiger partial charge in [0.05, 0.1) is 24.3 Å². The highest BCUT2D eigenvalue weighted by atomic mass is 16.7. The van der Waals surface area contributed by atoms with E-state index in [2.05, 4.69) is 0 Å². The van der Waals surface area contributed by atoms with Crippen molar-refractivity contribution in [1.29, 1.82) is 0 Å². The van der Waals surface area contributed by atoms with Gasteiger partial charge in [0.1, 0.15) is 0 Å². The van der Waals surface area contributed by atoms with E-state index < -0.39 is 24.5 Å². The Balaban J connectivity index is 1.67. The molecule has 2 aliphatic heterocycles. The van der Waals surface area contributed by atoms with Crippen LogP contribution in [0.3, 0.4) is 0 Å². The average molecular weight is 334 g/mol. The number of ether oxygens (including phenoxy) is 4. The van der Waals surface area contributed by atoms with Crippen LogP contribution < -0.4 is 0 Å². The third-order valence-corrected chi connectivity index (χ3v) is 4.12. The van der Waals surface area contributed by atoms with Gasteiger partial charge in [-0.3, -0.25) is 0 Å². The van der Waals surface area contributed by atoms with Gasteiger partial charge < -0.3 is 18.9 Å². The van der Waals surface area contributed by atoms with E-state index in [1.807, 2.05) is 0 Å². The molecular formula is C18H22O6. The van der Waals surface area contributed by atoms with Crippen molar-refractivity contribution >= 4 is 11.9 Å². The molecule has 0 bridgehead atoms. The van der Waals surface area contributed by atoms with Crippen molar-refractivity contribution < 1.29 is 28.5 Å². The second-order valence-corrected chi connectivity index (χ2v) is 5.95. The molecule has 6 nitrogen and oxygen atoms in total. The fourth-order valence-corrected chi connectivity index (χ4v) is 2.81. The molecule has 1 aromatic rings. The van der Waals surface area contributed by atoms with E-state index in [1.54, 1.807) is 24.3 Å². The second-order valence-electron chi connectivity index (χ2n) is 5.95. The Morgan fingerprint density at radius 3 is 1.62 bits per heavy atom. The smallest absolute Gasteiger partial charge is 0.341 e. The molecule has 2 aliphatic rings. The summed E-state index contributed by atoms with van der Waals surface area (Å²) in [5, 5.41) is 0. The first-order chi connectivity index (χ1) is 11.7. The molecule has 130 valence electrons. The van der Waals surface area contributed by atoms with Gasteiger partial charge in [0.2, 0.25) is 12.6 Å². The quantitative estimate of drug-likeness (QED) is 0.788. The number of hydrogen-bond donors (Lipinski definition) is 0. The van der Waals surface area contributed by atoms with Gasteiger partial charge >= 0.3 is 11.9 Å². The minimum Gasteiger partial charge on any atom is -0.432 e. The van der Waals surface area contributed by atoms with E-state index >= 15 is 0 Å². The first kappa shape index (κ1) is 16.9. The third kappa shape index (κ3) is 4.33. The molecule has 0 amide bonds. The molecule has 0 saturated carbocycles. The molecule has 2 heterocycles. The number of esters is 2. The molecule has 6 heteroatoms. The lowest BCUT2D eigenvalue weighted by molar-refractivity contribution is -0.133.